The van der Waals surface area contributed by atoms with Crippen LogP contribution in [0.4, 0.5) is 5.69 Å². The third-order valence-corrected chi connectivity index (χ3v) is 5.47. The first-order valence-electron chi connectivity index (χ1n) is 9.62. The quantitative estimate of drug-likeness (QED) is 0.149. The molecule has 1 unspecified atom stereocenters. The molecule has 2 aromatic rings. The van der Waals surface area contributed by atoms with Crippen LogP contribution in [-0.2, 0) is 15.8 Å². The maximum atomic E-state index is 10.1. The molecule has 4 rings (SSSR count). The van der Waals surface area contributed by atoms with Crippen LogP contribution in [-0.4, -0.2) is 48.0 Å². The normalized spacial score (nSPS) is 16.1. The number of benzene rings is 2. The predicted molar refractivity (Wildman–Crippen MR) is 117 cm³/mol. The second-order valence-electron chi connectivity index (χ2n) is 7.27. The number of nitrogens with zero attached hydrogens (tertiary/aromatic N) is 4. The average molecular weight is 537 g/mol. The van der Waals surface area contributed by atoms with Crippen LogP contribution < -0.4 is 129 Å². The fourth-order valence-corrected chi connectivity index (χ4v) is 4.04. The number of anilines is 1. The van der Waals surface area contributed by atoms with Crippen molar-refractivity contribution in [2.75, 3.05) is 25.0 Å². The zero-order chi connectivity index (χ0) is 23.5. The fourth-order valence-electron chi connectivity index (χ4n) is 3.63. The number of guanidine groups is 2. The van der Waals surface area contributed by atoms with E-state index in [1.807, 2.05) is 0 Å². The van der Waals surface area contributed by atoms with Crippen molar-refractivity contribution in [2.24, 2.45) is 21.2 Å². The van der Waals surface area contributed by atoms with Crippen LogP contribution in [0.25, 0.3) is 0 Å². The van der Waals surface area contributed by atoms with E-state index >= 15 is 0 Å². The van der Waals surface area contributed by atoms with Gasteiger partial charge in [-0.15, -0.1) is 0 Å². The Kier molecular flexibility index (Phi) is 13.1. The van der Waals surface area contributed by atoms with Gasteiger partial charge in [-0.05, 0) is 29.2 Å². The van der Waals surface area contributed by atoms with Gasteiger partial charge in [0.25, 0.3) is 0 Å². The van der Waals surface area contributed by atoms with E-state index in [1.54, 1.807) is 0 Å². The van der Waals surface area contributed by atoms with Gasteiger partial charge < -0.3 is 40.7 Å². The van der Waals surface area contributed by atoms with Crippen molar-refractivity contribution >= 4 is 31.3 Å². The largest absolute Gasteiger partial charge is 1.00 e. The topological polar surface area (TPSA) is 184 Å². The molecule has 0 bridgehead atoms. The summed E-state index contributed by atoms with van der Waals surface area (Å²) < 4.78 is 12.6. The van der Waals surface area contributed by atoms with Crippen molar-refractivity contribution in [1.82, 2.24) is 4.90 Å². The molecule has 0 amide bonds. The van der Waals surface area contributed by atoms with E-state index in [0.29, 0.717) is 5.96 Å². The van der Waals surface area contributed by atoms with Crippen molar-refractivity contribution in [3.05, 3.63) is 65.2 Å². The van der Waals surface area contributed by atoms with Gasteiger partial charge in [-0.3, -0.25) is 9.79 Å². The second kappa shape index (κ2) is 14.0. The van der Waals surface area contributed by atoms with Gasteiger partial charge in [-0.25, -0.2) is 4.76 Å². The Morgan fingerprint density at radius 3 is 2.41 bits per heavy atom. The zero-order valence-corrected chi connectivity index (χ0v) is 26.4. The molecule has 0 spiro atoms. The van der Waals surface area contributed by atoms with Crippen molar-refractivity contribution < 1.29 is 127 Å². The molecule has 2 aromatic carbocycles. The molecule has 0 aliphatic carbocycles. The van der Waals surface area contributed by atoms with Crippen molar-refractivity contribution in [1.29, 1.82) is 0 Å². The third kappa shape index (κ3) is 8.47. The van der Waals surface area contributed by atoms with Gasteiger partial charge in [0.2, 0.25) is 0 Å². The summed E-state index contributed by atoms with van der Waals surface area (Å²) in [6, 6.07) is 17.3. The number of para-hydroxylation sites is 1. The Morgan fingerprint density at radius 2 is 1.79 bits per heavy atom. The van der Waals surface area contributed by atoms with Crippen LogP contribution in [0.3, 0.4) is 0 Å². The molecule has 2 aliphatic heterocycles. The first-order chi connectivity index (χ1) is 15.1. The molecule has 1 atom stereocenters. The van der Waals surface area contributed by atoms with Crippen LogP contribution in [0.1, 0.15) is 22.7 Å². The molecule has 170 valence electrons. The Bertz CT molecular complexity index is 1130. The van der Waals surface area contributed by atoms with Crippen molar-refractivity contribution in [2.45, 2.75) is 12.5 Å². The molecule has 2 aliphatic rings. The van der Waals surface area contributed by atoms with Crippen LogP contribution in [0.15, 0.2) is 58.3 Å². The summed E-state index contributed by atoms with van der Waals surface area (Å²) in [5.41, 5.74) is 16.3. The molecule has 0 radical (unpaired) electrons. The number of fused-ring (bicyclic) bond motifs is 5. The number of aliphatic carboxylic acids is 1. The number of nitrogens with two attached hydrogens (primary N) is 2. The van der Waals surface area contributed by atoms with Crippen molar-refractivity contribution in [3.63, 3.8) is 0 Å². The molecule has 0 saturated carbocycles. The van der Waals surface area contributed by atoms with E-state index < -0.39 is 26.2 Å². The minimum atomic E-state index is -5.09. The number of likely N-dealkylation sites (N-methyl/N-ethyl adjacent to an activating group) is 1. The first-order valence-corrected chi connectivity index (χ1v) is 11.1. The van der Waals surface area contributed by atoms with Gasteiger partial charge in [0, 0.05) is 12.7 Å². The standard InChI is InChI=1S/C16H15N3.C4H10N3O5P.2K/c17-16-18-10-15-13-7-3-1-5-11(13)9-12-6-2-4-8-14(12)19(15)16;1-7(2-3(8)9)4(5)6-13(10,11)12;;/h1-8,15H,9-10H2,(H2,17,18);2H2,1H3,(H,8,9)(H4,5,6,10,11,12);;/q;;2*+1/p-2. The minimum Gasteiger partial charge on any atom is -0.793 e. The summed E-state index contributed by atoms with van der Waals surface area (Å²) >= 11 is 0. The van der Waals surface area contributed by atoms with E-state index in [4.69, 9.17) is 16.6 Å². The van der Waals surface area contributed by atoms with Crippen LogP contribution in [0, 0.1) is 0 Å². The Morgan fingerprint density at radius 1 is 1.21 bits per heavy atom. The average Bonchev–Trinajstić information content (AvgIpc) is 3.01. The van der Waals surface area contributed by atoms with Crippen LogP contribution in [0.5, 0.6) is 0 Å². The molecule has 2 heterocycles. The summed E-state index contributed by atoms with van der Waals surface area (Å²) in [5.74, 6) is -1.22. The van der Waals surface area contributed by atoms with E-state index in [-0.39, 0.29) is 109 Å². The maximum absolute atomic E-state index is 10.1. The fraction of sp³-hybridized carbons (Fsp3) is 0.250. The van der Waals surface area contributed by atoms with Crippen molar-refractivity contribution in [3.8, 4) is 0 Å². The third-order valence-electron chi connectivity index (χ3n) is 5.02. The summed E-state index contributed by atoms with van der Waals surface area (Å²) in [7, 11) is -3.89. The molecule has 5 N–H and O–H groups in total. The molecule has 34 heavy (non-hydrogen) atoms. The smallest absolute Gasteiger partial charge is 0.793 e. The SMILES string of the molecule is CN(CC(=O)O)C(N)=NP(=O)([O-])[O-].NC1=NCC2c3ccccc3Cc3ccccc3N12.[K+].[K+]. The molecule has 14 heteroatoms. The van der Waals surface area contributed by atoms with Gasteiger partial charge >= 0.3 is 109 Å². The molecular weight excluding hydrogens is 513 g/mol. The summed E-state index contributed by atoms with van der Waals surface area (Å²) in [6.07, 6.45) is 0.965. The van der Waals surface area contributed by atoms with E-state index in [0.717, 1.165) is 17.9 Å². The zero-order valence-electron chi connectivity index (χ0n) is 19.3. The van der Waals surface area contributed by atoms with E-state index in [9.17, 15) is 19.1 Å². The number of carboxylic acid groups (broad SMARTS) is 1. The second-order valence-corrected chi connectivity index (χ2v) is 8.40. The summed E-state index contributed by atoms with van der Waals surface area (Å²) in [6.45, 7) is 0.215. The van der Waals surface area contributed by atoms with E-state index in [1.165, 1.54) is 29.4 Å². The van der Waals surface area contributed by atoms with Crippen LogP contribution in [0.2, 0.25) is 0 Å². The van der Waals surface area contributed by atoms with Gasteiger partial charge in [0.15, 0.2) is 11.9 Å². The Labute approximate surface area is 282 Å². The number of rotatable bonds is 3. The Hall–Kier alpha value is -0.127. The van der Waals surface area contributed by atoms with Gasteiger partial charge in [-0.2, -0.15) is 0 Å². The van der Waals surface area contributed by atoms with Gasteiger partial charge in [0.05, 0.1) is 20.3 Å². The minimum absolute atomic E-state index is 0. The molecule has 0 saturated heterocycles. The molecular formula is C20H23K2N6O5P. The first kappa shape index (κ1) is 31.9. The van der Waals surface area contributed by atoms with E-state index in [2.05, 4.69) is 63.2 Å². The number of aliphatic imine (C=N–C) groups is 1. The number of hydrogen-bond donors (Lipinski definition) is 3. The number of hydrogen-bond acceptors (Lipinski definition) is 7. The van der Waals surface area contributed by atoms with Gasteiger partial charge in [-0.1, -0.05) is 42.5 Å². The predicted octanol–water partition coefficient (Wildman–Crippen LogP) is -6.38. The molecule has 0 aromatic heterocycles. The number of carboxylic acids is 1. The molecule has 0 fully saturated rings. The summed E-state index contributed by atoms with van der Waals surface area (Å²) in [4.78, 5) is 37.7. The maximum Gasteiger partial charge on any atom is 1.00 e. The van der Waals surface area contributed by atoms with Crippen LogP contribution >= 0.6 is 7.75 Å². The summed E-state index contributed by atoms with van der Waals surface area (Å²) in [5, 5.41) is 8.25. The number of carbonyl (C=O) groups is 1. The molecule has 11 nitrogen and oxygen atoms in total. The monoisotopic (exact) mass is 536 g/mol. The Balaban J connectivity index is 0.000000346. The van der Waals surface area contributed by atoms with Gasteiger partial charge in [0.1, 0.15) is 6.54 Å².